The summed E-state index contributed by atoms with van der Waals surface area (Å²) in [5, 5.41) is 14.6. The molecular formula is C27H23F2N2O5-. The Balaban J connectivity index is 1.44. The Morgan fingerprint density at radius 2 is 1.69 bits per heavy atom. The number of ether oxygens (including phenoxy) is 2. The van der Waals surface area contributed by atoms with Crippen LogP contribution in [0, 0.1) is 0 Å². The number of aromatic nitrogens is 1. The van der Waals surface area contributed by atoms with Crippen LogP contribution in [0.5, 0.6) is 11.5 Å². The summed E-state index contributed by atoms with van der Waals surface area (Å²) in [5.74, 6) is -1.50. The van der Waals surface area contributed by atoms with Gasteiger partial charge in [-0.3, -0.25) is 4.79 Å². The molecule has 0 unspecified atom stereocenters. The maximum absolute atomic E-state index is 13.4. The zero-order chi connectivity index (χ0) is 25.9. The average molecular weight is 493 g/mol. The minimum atomic E-state index is -3.73. The molecule has 5 rings (SSSR count). The number of aromatic carboxylic acids is 1. The molecule has 1 aromatic heterocycles. The van der Waals surface area contributed by atoms with Crippen LogP contribution >= 0.6 is 0 Å². The summed E-state index contributed by atoms with van der Waals surface area (Å²) in [6.07, 6.45) is -2.66. The summed E-state index contributed by atoms with van der Waals surface area (Å²) >= 11 is 0. The van der Waals surface area contributed by atoms with E-state index in [0.29, 0.717) is 35.2 Å². The molecule has 1 fully saturated rings. The molecule has 1 aliphatic heterocycles. The van der Waals surface area contributed by atoms with E-state index in [0.717, 1.165) is 0 Å². The molecule has 2 aliphatic rings. The summed E-state index contributed by atoms with van der Waals surface area (Å²) in [4.78, 5) is 29.6. The van der Waals surface area contributed by atoms with E-state index in [1.807, 2.05) is 20.8 Å². The summed E-state index contributed by atoms with van der Waals surface area (Å²) in [6.45, 7) is 5.71. The van der Waals surface area contributed by atoms with Gasteiger partial charge in [-0.25, -0.2) is 4.98 Å². The lowest BCUT2D eigenvalue weighted by Gasteiger charge is -2.27. The van der Waals surface area contributed by atoms with Crippen molar-refractivity contribution in [2.24, 2.45) is 0 Å². The minimum absolute atomic E-state index is 0.0808. The number of fused-ring (bicyclic) bond motifs is 1. The number of carboxylic acid groups (broad SMARTS) is 1. The van der Waals surface area contributed by atoms with Gasteiger partial charge < -0.3 is 24.7 Å². The first-order valence-electron chi connectivity index (χ1n) is 11.4. The first kappa shape index (κ1) is 23.7. The zero-order valence-corrected chi connectivity index (χ0v) is 19.9. The predicted octanol–water partition coefficient (Wildman–Crippen LogP) is 4.40. The predicted molar refractivity (Wildman–Crippen MR) is 125 cm³/mol. The number of anilines is 1. The van der Waals surface area contributed by atoms with Crippen LogP contribution < -0.4 is 19.9 Å². The normalized spacial score (nSPS) is 16.9. The number of pyridine rings is 1. The number of hydrogen-bond donors (Lipinski definition) is 1. The van der Waals surface area contributed by atoms with Crippen molar-refractivity contribution in [3.63, 3.8) is 0 Å². The van der Waals surface area contributed by atoms with Crippen LogP contribution in [0.25, 0.3) is 11.3 Å². The van der Waals surface area contributed by atoms with Crippen molar-refractivity contribution in [3.8, 4) is 22.8 Å². The summed E-state index contributed by atoms with van der Waals surface area (Å²) in [6, 6.07) is 14.4. The smallest absolute Gasteiger partial charge is 0.545 e. The number of nitrogens with zero attached hydrogens (tertiary/aromatic N) is 1. The maximum atomic E-state index is 13.4. The molecule has 3 aromatic rings. The molecule has 0 atom stereocenters. The van der Waals surface area contributed by atoms with E-state index in [1.54, 1.807) is 36.4 Å². The van der Waals surface area contributed by atoms with Crippen molar-refractivity contribution in [1.82, 2.24) is 4.98 Å². The van der Waals surface area contributed by atoms with Crippen molar-refractivity contribution in [2.75, 3.05) is 5.32 Å². The molecule has 36 heavy (non-hydrogen) atoms. The summed E-state index contributed by atoms with van der Waals surface area (Å²) in [5.41, 5.74) is 0.931. The van der Waals surface area contributed by atoms with Gasteiger partial charge in [-0.05, 0) is 53.6 Å². The van der Waals surface area contributed by atoms with Gasteiger partial charge in [-0.15, -0.1) is 8.78 Å². The zero-order valence-electron chi connectivity index (χ0n) is 19.9. The van der Waals surface area contributed by atoms with Crippen molar-refractivity contribution >= 4 is 17.7 Å². The van der Waals surface area contributed by atoms with Gasteiger partial charge in [0.15, 0.2) is 11.5 Å². The van der Waals surface area contributed by atoms with Gasteiger partial charge in [0.1, 0.15) is 5.82 Å². The molecule has 7 nitrogen and oxygen atoms in total. The number of alkyl halides is 2. The van der Waals surface area contributed by atoms with Crippen molar-refractivity contribution < 1.29 is 33.0 Å². The molecule has 0 bridgehead atoms. The summed E-state index contributed by atoms with van der Waals surface area (Å²) < 4.78 is 35.8. The molecular weight excluding hydrogens is 470 g/mol. The van der Waals surface area contributed by atoms with E-state index in [-0.39, 0.29) is 28.8 Å². The van der Waals surface area contributed by atoms with Crippen LogP contribution in [0.4, 0.5) is 14.6 Å². The Bertz CT molecular complexity index is 1390. The summed E-state index contributed by atoms with van der Waals surface area (Å²) in [7, 11) is 0. The Morgan fingerprint density at radius 1 is 1.00 bits per heavy atom. The Hall–Kier alpha value is -4.01. The van der Waals surface area contributed by atoms with Crippen LogP contribution in [-0.2, 0) is 15.6 Å². The van der Waals surface area contributed by atoms with Crippen LogP contribution in [0.2, 0.25) is 0 Å². The molecule has 1 N–H and O–H groups in total. The van der Waals surface area contributed by atoms with Gasteiger partial charge in [-0.2, -0.15) is 0 Å². The largest absolute Gasteiger partial charge is 0.586 e. The average Bonchev–Trinajstić information content (AvgIpc) is 3.55. The molecule has 0 spiro atoms. The van der Waals surface area contributed by atoms with Crippen LogP contribution in [0.3, 0.4) is 0 Å². The number of benzene rings is 2. The van der Waals surface area contributed by atoms with Crippen LogP contribution in [0.15, 0.2) is 54.6 Å². The molecule has 2 aromatic carbocycles. The molecule has 186 valence electrons. The van der Waals surface area contributed by atoms with Crippen molar-refractivity contribution in [3.05, 3.63) is 71.3 Å². The number of hydrogen-bond acceptors (Lipinski definition) is 6. The van der Waals surface area contributed by atoms with E-state index in [4.69, 9.17) is 0 Å². The highest BCUT2D eigenvalue weighted by molar-refractivity contribution is 6.01. The standard InChI is InChI=1S/C27H24F2N2O5/c1-25(2,3)22-16(6-4-7-17(22)23(32)33)18-8-5-9-21(30-18)31-24(34)26(12-13-26)15-10-11-19-20(14-15)36-27(28,29)35-19/h4-11,14H,12-13H2,1-3H3,(H,32,33)(H,30,31,34)/p-1. The number of halogens is 2. The van der Waals surface area contributed by atoms with Gasteiger partial charge in [0, 0.05) is 11.1 Å². The number of rotatable bonds is 5. The van der Waals surface area contributed by atoms with E-state index in [9.17, 15) is 23.5 Å². The van der Waals surface area contributed by atoms with Gasteiger partial charge in [0.05, 0.1) is 17.1 Å². The highest BCUT2D eigenvalue weighted by Gasteiger charge is 2.53. The van der Waals surface area contributed by atoms with Gasteiger partial charge in [0.2, 0.25) is 5.91 Å². The molecule has 9 heteroatoms. The molecule has 1 aliphatic carbocycles. The topological polar surface area (TPSA) is 101 Å². The van der Waals surface area contributed by atoms with E-state index in [2.05, 4.69) is 19.8 Å². The van der Waals surface area contributed by atoms with Gasteiger partial charge in [-0.1, -0.05) is 51.1 Å². The lowest BCUT2D eigenvalue weighted by Crippen LogP contribution is -2.28. The van der Waals surface area contributed by atoms with Crippen LogP contribution in [-0.4, -0.2) is 23.2 Å². The quantitative estimate of drug-likeness (QED) is 0.566. The number of carbonyl (C=O) groups is 2. The second-order valence-electron chi connectivity index (χ2n) is 10.0. The molecule has 0 radical (unpaired) electrons. The van der Waals surface area contributed by atoms with Gasteiger partial charge in [0.25, 0.3) is 0 Å². The number of carbonyl (C=O) groups excluding carboxylic acids is 2. The number of amides is 1. The highest BCUT2D eigenvalue weighted by Crippen LogP contribution is 2.52. The monoisotopic (exact) mass is 493 g/mol. The third-order valence-electron chi connectivity index (χ3n) is 6.44. The lowest BCUT2D eigenvalue weighted by molar-refractivity contribution is -0.286. The van der Waals surface area contributed by atoms with Crippen molar-refractivity contribution in [2.45, 2.75) is 50.7 Å². The fraction of sp³-hybridized carbons (Fsp3) is 0.296. The highest BCUT2D eigenvalue weighted by atomic mass is 19.3. The Labute approximate surface area is 206 Å². The minimum Gasteiger partial charge on any atom is -0.545 e. The number of nitrogens with one attached hydrogen (secondary N) is 1. The Kier molecular flexibility index (Phi) is 5.28. The van der Waals surface area contributed by atoms with E-state index < -0.39 is 23.1 Å². The Morgan fingerprint density at radius 3 is 2.36 bits per heavy atom. The van der Waals surface area contributed by atoms with Crippen molar-refractivity contribution in [1.29, 1.82) is 0 Å². The first-order valence-corrected chi connectivity index (χ1v) is 11.4. The van der Waals surface area contributed by atoms with Crippen LogP contribution in [0.1, 0.15) is 55.1 Å². The fourth-order valence-electron chi connectivity index (χ4n) is 4.65. The maximum Gasteiger partial charge on any atom is 0.586 e. The molecule has 1 saturated carbocycles. The molecule has 1 amide bonds. The lowest BCUT2D eigenvalue weighted by atomic mass is 9.79. The number of carboxylic acids is 1. The van der Waals surface area contributed by atoms with E-state index in [1.165, 1.54) is 18.2 Å². The molecule has 0 saturated heterocycles. The SMILES string of the molecule is CC(C)(C)c1c(C(=O)[O-])cccc1-c1cccc(NC(=O)C2(c3ccc4c(c3)OC(F)(F)O4)CC2)n1. The second kappa shape index (κ2) is 8.01. The van der Waals surface area contributed by atoms with E-state index >= 15 is 0 Å². The molecule has 2 heterocycles. The van der Waals surface area contributed by atoms with Gasteiger partial charge >= 0.3 is 6.29 Å². The third-order valence-corrected chi connectivity index (χ3v) is 6.44. The fourth-order valence-corrected chi connectivity index (χ4v) is 4.65. The first-order chi connectivity index (χ1) is 16.9. The third kappa shape index (κ3) is 4.14. The second-order valence-corrected chi connectivity index (χ2v) is 10.0.